The van der Waals surface area contributed by atoms with Gasteiger partial charge in [0.1, 0.15) is 11.8 Å². The van der Waals surface area contributed by atoms with E-state index in [0.29, 0.717) is 0 Å². The van der Waals surface area contributed by atoms with Crippen molar-refractivity contribution in [3.05, 3.63) is 40.9 Å². The third-order valence-electron chi connectivity index (χ3n) is 3.23. The minimum atomic E-state index is -5.24. The molecule has 2 rings (SSSR count). The predicted octanol–water partition coefficient (Wildman–Crippen LogP) is 3.00. The zero-order chi connectivity index (χ0) is 18.4. The van der Waals surface area contributed by atoms with Crippen LogP contribution in [0, 0.1) is 17.5 Å². The molecule has 3 nitrogen and oxygen atoms in total. The third kappa shape index (κ3) is 3.07. The SMILES string of the molecule is N/C(=C1\C(=Nc2cc(F)c(F)c(F)c2)C(F)C(F)C1O)C(F)(F)F. The summed E-state index contributed by atoms with van der Waals surface area (Å²) in [4.78, 5) is 3.18. The van der Waals surface area contributed by atoms with Crippen LogP contribution in [0.5, 0.6) is 0 Å². The standard InChI is InChI=1S/C13H8F8N2O/c14-4-1-3(2-5(15)7(4)16)23-10-6(12(22)13(19,20)21)11(24)9(18)8(10)17/h1-2,8-9,11,24H,22H2/b12-6+,23-10?. The monoisotopic (exact) mass is 360 g/mol. The van der Waals surface area contributed by atoms with Crippen molar-refractivity contribution in [3.8, 4) is 0 Å². The van der Waals surface area contributed by atoms with Crippen LogP contribution < -0.4 is 5.73 Å². The van der Waals surface area contributed by atoms with Gasteiger partial charge in [-0.05, 0) is 0 Å². The molecular weight excluding hydrogens is 352 g/mol. The molecule has 3 N–H and O–H groups in total. The van der Waals surface area contributed by atoms with E-state index in [1.165, 1.54) is 0 Å². The van der Waals surface area contributed by atoms with Crippen LogP contribution in [0.15, 0.2) is 28.4 Å². The van der Waals surface area contributed by atoms with Gasteiger partial charge in [0, 0.05) is 17.7 Å². The van der Waals surface area contributed by atoms with Crippen LogP contribution in [0.1, 0.15) is 0 Å². The van der Waals surface area contributed by atoms with E-state index in [-0.39, 0.29) is 12.1 Å². The van der Waals surface area contributed by atoms with E-state index < -0.39 is 64.7 Å². The number of hydrogen-bond donors (Lipinski definition) is 2. The molecule has 1 aromatic rings. The third-order valence-corrected chi connectivity index (χ3v) is 3.23. The summed E-state index contributed by atoms with van der Waals surface area (Å²) in [6.07, 6.45) is -13.4. The molecule has 11 heteroatoms. The van der Waals surface area contributed by atoms with E-state index in [9.17, 15) is 40.2 Å². The van der Waals surface area contributed by atoms with Gasteiger partial charge in [-0.25, -0.2) is 26.9 Å². The number of nitrogens with zero attached hydrogens (tertiary/aromatic N) is 1. The summed E-state index contributed by atoms with van der Waals surface area (Å²) in [5, 5.41) is 9.42. The summed E-state index contributed by atoms with van der Waals surface area (Å²) >= 11 is 0. The van der Waals surface area contributed by atoms with Gasteiger partial charge in [0.05, 0.1) is 11.4 Å². The molecule has 24 heavy (non-hydrogen) atoms. The van der Waals surface area contributed by atoms with Gasteiger partial charge in [-0.1, -0.05) is 0 Å². The molecule has 0 spiro atoms. The van der Waals surface area contributed by atoms with E-state index >= 15 is 0 Å². The maximum Gasteiger partial charge on any atom is 0.431 e. The van der Waals surface area contributed by atoms with Crippen LogP contribution in [0.3, 0.4) is 0 Å². The number of nitrogens with two attached hydrogens (primary N) is 1. The Morgan fingerprint density at radius 2 is 1.58 bits per heavy atom. The number of aliphatic hydroxyl groups excluding tert-OH is 1. The highest BCUT2D eigenvalue weighted by Gasteiger charge is 2.50. The highest BCUT2D eigenvalue weighted by molar-refractivity contribution is 6.09. The molecule has 3 unspecified atom stereocenters. The maximum absolute atomic E-state index is 13.8. The highest BCUT2D eigenvalue weighted by Crippen LogP contribution is 2.36. The molecule has 0 saturated heterocycles. The largest absolute Gasteiger partial charge is 0.431 e. The fourth-order valence-electron chi connectivity index (χ4n) is 2.09. The first-order valence-electron chi connectivity index (χ1n) is 6.21. The molecule has 0 aromatic heterocycles. The van der Waals surface area contributed by atoms with Gasteiger partial charge in [0.25, 0.3) is 0 Å². The lowest BCUT2D eigenvalue weighted by atomic mass is 10.1. The van der Waals surface area contributed by atoms with Crippen molar-refractivity contribution in [2.24, 2.45) is 10.7 Å². The number of hydrogen-bond acceptors (Lipinski definition) is 3. The van der Waals surface area contributed by atoms with Crippen LogP contribution in [-0.4, -0.2) is 35.4 Å². The Morgan fingerprint density at radius 3 is 2.04 bits per heavy atom. The van der Waals surface area contributed by atoms with Gasteiger partial charge >= 0.3 is 6.18 Å². The number of alkyl halides is 5. The fraction of sp³-hybridized carbons (Fsp3) is 0.308. The Balaban J connectivity index is 2.65. The quantitative estimate of drug-likeness (QED) is 0.598. The van der Waals surface area contributed by atoms with E-state index in [4.69, 9.17) is 5.73 Å². The van der Waals surface area contributed by atoms with Crippen molar-refractivity contribution in [1.29, 1.82) is 0 Å². The van der Waals surface area contributed by atoms with Crippen molar-refractivity contribution < 1.29 is 40.2 Å². The summed E-state index contributed by atoms with van der Waals surface area (Å²) in [5.74, 6) is -5.36. The molecule has 1 fully saturated rings. The summed E-state index contributed by atoms with van der Waals surface area (Å²) in [7, 11) is 0. The lowest BCUT2D eigenvalue weighted by molar-refractivity contribution is -0.0942. The van der Waals surface area contributed by atoms with Crippen molar-refractivity contribution in [2.75, 3.05) is 0 Å². The Hall–Kier alpha value is -2.17. The zero-order valence-electron chi connectivity index (χ0n) is 11.4. The Morgan fingerprint density at radius 1 is 1.08 bits per heavy atom. The number of aliphatic hydroxyl groups is 1. The maximum atomic E-state index is 13.8. The second-order valence-corrected chi connectivity index (χ2v) is 4.84. The number of halogens is 8. The minimum Gasteiger partial charge on any atom is -0.394 e. The Kier molecular flexibility index (Phi) is 4.57. The zero-order valence-corrected chi connectivity index (χ0v) is 11.4. The minimum absolute atomic E-state index is 0.261. The van der Waals surface area contributed by atoms with Gasteiger partial charge < -0.3 is 10.8 Å². The molecule has 1 saturated carbocycles. The van der Waals surface area contributed by atoms with Crippen LogP contribution in [0.4, 0.5) is 40.8 Å². The van der Waals surface area contributed by atoms with Crippen molar-refractivity contribution in [2.45, 2.75) is 24.6 Å². The second kappa shape index (κ2) is 6.04. The summed E-state index contributed by atoms with van der Waals surface area (Å²) in [6.45, 7) is 0. The first kappa shape index (κ1) is 18.2. The molecule has 0 bridgehead atoms. The van der Waals surface area contributed by atoms with Gasteiger partial charge in [0.2, 0.25) is 0 Å². The predicted molar refractivity (Wildman–Crippen MR) is 66.5 cm³/mol. The molecule has 0 heterocycles. The molecule has 0 aliphatic heterocycles. The topological polar surface area (TPSA) is 58.6 Å². The molecule has 1 aliphatic rings. The summed E-state index contributed by atoms with van der Waals surface area (Å²) in [5.41, 5.74) is -0.715. The molecule has 0 radical (unpaired) electrons. The normalized spacial score (nSPS) is 28.5. The van der Waals surface area contributed by atoms with Crippen LogP contribution in [-0.2, 0) is 0 Å². The van der Waals surface area contributed by atoms with Gasteiger partial charge in [-0.2, -0.15) is 13.2 Å². The van der Waals surface area contributed by atoms with Gasteiger partial charge in [0.15, 0.2) is 29.8 Å². The van der Waals surface area contributed by atoms with Crippen molar-refractivity contribution in [3.63, 3.8) is 0 Å². The molecular formula is C13H8F8N2O. The summed E-state index contributed by atoms with van der Waals surface area (Å²) in [6, 6.07) is 0.523. The summed E-state index contributed by atoms with van der Waals surface area (Å²) < 4.78 is 104. The molecule has 1 aliphatic carbocycles. The number of allylic oxidation sites excluding steroid dienone is 1. The highest BCUT2D eigenvalue weighted by atomic mass is 19.4. The van der Waals surface area contributed by atoms with E-state index in [2.05, 4.69) is 4.99 Å². The first-order chi connectivity index (χ1) is 10.9. The second-order valence-electron chi connectivity index (χ2n) is 4.84. The van der Waals surface area contributed by atoms with Crippen LogP contribution in [0.25, 0.3) is 0 Å². The van der Waals surface area contributed by atoms with E-state index in [0.717, 1.165) is 0 Å². The Bertz CT molecular complexity index is 704. The molecule has 0 amide bonds. The van der Waals surface area contributed by atoms with E-state index in [1.807, 2.05) is 0 Å². The van der Waals surface area contributed by atoms with Crippen LogP contribution >= 0.6 is 0 Å². The van der Waals surface area contributed by atoms with Crippen LogP contribution in [0.2, 0.25) is 0 Å². The smallest absolute Gasteiger partial charge is 0.394 e. The fourth-order valence-corrected chi connectivity index (χ4v) is 2.09. The van der Waals surface area contributed by atoms with Crippen molar-refractivity contribution in [1.82, 2.24) is 0 Å². The Labute approximate surface area is 129 Å². The molecule has 132 valence electrons. The van der Waals surface area contributed by atoms with E-state index in [1.54, 1.807) is 0 Å². The lowest BCUT2D eigenvalue weighted by Crippen LogP contribution is -2.28. The van der Waals surface area contributed by atoms with Gasteiger partial charge in [-0.15, -0.1) is 0 Å². The molecule has 1 aromatic carbocycles. The first-order valence-corrected chi connectivity index (χ1v) is 6.21. The average molecular weight is 360 g/mol. The average Bonchev–Trinajstić information content (AvgIpc) is 2.67. The number of benzene rings is 1. The van der Waals surface area contributed by atoms with Crippen molar-refractivity contribution >= 4 is 11.4 Å². The van der Waals surface area contributed by atoms with Gasteiger partial charge in [-0.3, -0.25) is 0 Å². The lowest BCUT2D eigenvalue weighted by Gasteiger charge is -2.13. The number of aliphatic imine (C=N–C) groups is 1. The molecule has 3 atom stereocenters. The number of rotatable bonds is 1.